The maximum atomic E-state index is 3.82. The van der Waals surface area contributed by atoms with Crippen LogP contribution in [0.5, 0.6) is 0 Å². The Hall–Kier alpha value is -0.120. The number of hydrogen-bond acceptors (Lipinski definition) is 3. The lowest BCUT2D eigenvalue weighted by Crippen LogP contribution is -2.46. The van der Waals surface area contributed by atoms with Crippen LogP contribution in [0, 0.1) is 0 Å². The van der Waals surface area contributed by atoms with Crippen LogP contribution in [0.4, 0.5) is 0 Å². The Bertz CT molecular complexity index is 232. The fourth-order valence-electron chi connectivity index (χ4n) is 3.64. The average molecular weight is 253 g/mol. The molecular formula is C15H31N3. The molecule has 2 rings (SSSR count). The zero-order valence-corrected chi connectivity index (χ0v) is 12.3. The van der Waals surface area contributed by atoms with Crippen molar-refractivity contribution in [3.05, 3.63) is 0 Å². The van der Waals surface area contributed by atoms with Crippen LogP contribution in [0.3, 0.4) is 0 Å². The molecule has 2 unspecified atom stereocenters. The first-order valence-corrected chi connectivity index (χ1v) is 8.05. The summed E-state index contributed by atoms with van der Waals surface area (Å²) in [5.41, 5.74) is 0. The van der Waals surface area contributed by atoms with Gasteiger partial charge in [0, 0.05) is 31.7 Å². The van der Waals surface area contributed by atoms with Crippen molar-refractivity contribution in [2.45, 2.75) is 58.0 Å². The maximum Gasteiger partial charge on any atom is 0.0249 e. The normalized spacial score (nSPS) is 28.8. The molecule has 0 saturated carbocycles. The van der Waals surface area contributed by atoms with Crippen molar-refractivity contribution >= 4 is 0 Å². The van der Waals surface area contributed by atoms with E-state index >= 15 is 0 Å². The van der Waals surface area contributed by atoms with Gasteiger partial charge in [0.1, 0.15) is 0 Å². The molecule has 0 amide bonds. The molecule has 2 fully saturated rings. The smallest absolute Gasteiger partial charge is 0.0249 e. The Morgan fingerprint density at radius 2 is 2.00 bits per heavy atom. The molecule has 1 N–H and O–H groups in total. The molecule has 2 saturated heterocycles. The van der Waals surface area contributed by atoms with Gasteiger partial charge in [-0.1, -0.05) is 20.3 Å². The topological polar surface area (TPSA) is 18.5 Å². The van der Waals surface area contributed by atoms with E-state index in [0.29, 0.717) is 0 Å². The molecule has 0 aromatic heterocycles. The molecule has 2 aliphatic rings. The lowest BCUT2D eigenvalue weighted by molar-refractivity contribution is 0.178. The van der Waals surface area contributed by atoms with E-state index in [2.05, 4.69) is 29.0 Å². The average Bonchev–Trinajstić information content (AvgIpc) is 2.81. The number of nitrogens with zero attached hydrogens (tertiary/aromatic N) is 2. The number of piperidine rings is 1. The van der Waals surface area contributed by atoms with Gasteiger partial charge in [-0.3, -0.25) is 4.90 Å². The van der Waals surface area contributed by atoms with Crippen LogP contribution in [0.15, 0.2) is 0 Å². The fourth-order valence-corrected chi connectivity index (χ4v) is 3.64. The van der Waals surface area contributed by atoms with E-state index in [4.69, 9.17) is 0 Å². The Morgan fingerprint density at radius 1 is 1.11 bits per heavy atom. The van der Waals surface area contributed by atoms with Gasteiger partial charge < -0.3 is 10.2 Å². The summed E-state index contributed by atoms with van der Waals surface area (Å²) in [6.45, 7) is 12.0. The van der Waals surface area contributed by atoms with E-state index in [1.165, 1.54) is 71.4 Å². The van der Waals surface area contributed by atoms with Gasteiger partial charge in [-0.05, 0) is 45.3 Å². The Morgan fingerprint density at radius 3 is 2.78 bits per heavy atom. The van der Waals surface area contributed by atoms with Crippen molar-refractivity contribution in [3.8, 4) is 0 Å². The van der Waals surface area contributed by atoms with E-state index in [9.17, 15) is 0 Å². The predicted octanol–water partition coefficient (Wildman–Crippen LogP) is 1.93. The van der Waals surface area contributed by atoms with Gasteiger partial charge in [-0.15, -0.1) is 0 Å². The Balaban J connectivity index is 1.67. The molecule has 2 heterocycles. The zero-order valence-electron chi connectivity index (χ0n) is 12.3. The van der Waals surface area contributed by atoms with E-state index in [1.54, 1.807) is 0 Å². The van der Waals surface area contributed by atoms with Crippen molar-refractivity contribution in [3.63, 3.8) is 0 Å². The van der Waals surface area contributed by atoms with Crippen LogP contribution in [0.25, 0.3) is 0 Å². The zero-order chi connectivity index (χ0) is 12.8. The summed E-state index contributed by atoms with van der Waals surface area (Å²) in [7, 11) is 0. The lowest BCUT2D eigenvalue weighted by atomic mass is 9.99. The van der Waals surface area contributed by atoms with E-state index in [1.807, 2.05) is 0 Å². The monoisotopic (exact) mass is 253 g/mol. The molecule has 0 aromatic rings. The minimum atomic E-state index is 0.769. The summed E-state index contributed by atoms with van der Waals surface area (Å²) in [6, 6.07) is 1.62. The van der Waals surface area contributed by atoms with Crippen LogP contribution in [-0.2, 0) is 0 Å². The highest BCUT2D eigenvalue weighted by Gasteiger charge is 2.34. The van der Waals surface area contributed by atoms with E-state index in [0.717, 1.165) is 12.1 Å². The third kappa shape index (κ3) is 3.69. The Kier molecular flexibility index (Phi) is 5.93. The second-order valence-electron chi connectivity index (χ2n) is 5.88. The number of hydrogen-bond donors (Lipinski definition) is 1. The van der Waals surface area contributed by atoms with E-state index < -0.39 is 0 Å². The molecular weight excluding hydrogens is 222 g/mol. The fraction of sp³-hybridized carbons (Fsp3) is 1.00. The maximum absolute atomic E-state index is 3.82. The molecule has 2 aliphatic heterocycles. The van der Waals surface area contributed by atoms with Gasteiger partial charge in [0.05, 0.1) is 0 Å². The minimum absolute atomic E-state index is 0.769. The van der Waals surface area contributed by atoms with Gasteiger partial charge in [-0.2, -0.15) is 0 Å². The summed E-state index contributed by atoms with van der Waals surface area (Å²) >= 11 is 0. The van der Waals surface area contributed by atoms with Crippen molar-refractivity contribution in [2.75, 3.05) is 39.3 Å². The molecule has 0 bridgehead atoms. The third-order valence-electron chi connectivity index (χ3n) is 4.68. The number of likely N-dealkylation sites (N-methyl/N-ethyl adjacent to an activating group) is 1. The van der Waals surface area contributed by atoms with Gasteiger partial charge in [0.25, 0.3) is 0 Å². The summed E-state index contributed by atoms with van der Waals surface area (Å²) in [5, 5.41) is 3.82. The summed E-state index contributed by atoms with van der Waals surface area (Å²) in [5.74, 6) is 0. The standard InChI is InChI=1S/C15H31N3/c1-3-10-17(4-2)13-9-16-14-8-12-18-11-6-5-7-15(14)18/h14-16H,3-13H2,1-2H3. The van der Waals surface area contributed by atoms with Crippen LogP contribution in [0.1, 0.15) is 46.0 Å². The highest BCUT2D eigenvalue weighted by Crippen LogP contribution is 2.26. The summed E-state index contributed by atoms with van der Waals surface area (Å²) < 4.78 is 0. The molecule has 3 nitrogen and oxygen atoms in total. The first kappa shape index (κ1) is 14.3. The van der Waals surface area contributed by atoms with Gasteiger partial charge in [-0.25, -0.2) is 0 Å². The Labute approximate surface area is 113 Å². The second kappa shape index (κ2) is 7.46. The van der Waals surface area contributed by atoms with Crippen LogP contribution in [-0.4, -0.2) is 61.2 Å². The number of fused-ring (bicyclic) bond motifs is 1. The molecule has 0 aliphatic carbocycles. The highest BCUT2D eigenvalue weighted by molar-refractivity contribution is 4.93. The molecule has 3 heteroatoms. The minimum Gasteiger partial charge on any atom is -0.311 e. The summed E-state index contributed by atoms with van der Waals surface area (Å²) in [4.78, 5) is 5.27. The molecule has 2 atom stereocenters. The molecule has 18 heavy (non-hydrogen) atoms. The van der Waals surface area contributed by atoms with Crippen molar-refractivity contribution < 1.29 is 0 Å². The van der Waals surface area contributed by atoms with Gasteiger partial charge in [0.15, 0.2) is 0 Å². The van der Waals surface area contributed by atoms with Gasteiger partial charge >= 0.3 is 0 Å². The second-order valence-corrected chi connectivity index (χ2v) is 5.88. The summed E-state index contributed by atoms with van der Waals surface area (Å²) in [6.07, 6.45) is 6.92. The van der Waals surface area contributed by atoms with Crippen LogP contribution in [0.2, 0.25) is 0 Å². The molecule has 106 valence electrons. The van der Waals surface area contributed by atoms with Crippen LogP contribution >= 0.6 is 0 Å². The lowest BCUT2D eigenvalue weighted by Gasteiger charge is -2.33. The third-order valence-corrected chi connectivity index (χ3v) is 4.68. The first-order valence-electron chi connectivity index (χ1n) is 8.05. The SMILES string of the molecule is CCCN(CC)CCNC1CCN2CCCCC12. The van der Waals surface area contributed by atoms with Crippen molar-refractivity contribution in [1.82, 2.24) is 15.1 Å². The molecule has 0 radical (unpaired) electrons. The van der Waals surface area contributed by atoms with Gasteiger partial charge in [0.2, 0.25) is 0 Å². The number of nitrogens with one attached hydrogen (secondary N) is 1. The number of rotatable bonds is 7. The first-order chi connectivity index (χ1) is 8.85. The predicted molar refractivity (Wildman–Crippen MR) is 78.0 cm³/mol. The highest BCUT2D eigenvalue weighted by atomic mass is 15.2. The molecule has 0 aromatic carbocycles. The largest absolute Gasteiger partial charge is 0.311 e. The molecule has 0 spiro atoms. The van der Waals surface area contributed by atoms with E-state index in [-0.39, 0.29) is 0 Å². The van der Waals surface area contributed by atoms with Crippen molar-refractivity contribution in [1.29, 1.82) is 0 Å². The quantitative estimate of drug-likeness (QED) is 0.748. The van der Waals surface area contributed by atoms with Crippen LogP contribution < -0.4 is 5.32 Å². The van der Waals surface area contributed by atoms with Crippen molar-refractivity contribution in [2.24, 2.45) is 0 Å².